The summed E-state index contributed by atoms with van der Waals surface area (Å²) in [6.45, 7) is 0. The van der Waals surface area contributed by atoms with Crippen molar-refractivity contribution >= 4 is 17.1 Å². The van der Waals surface area contributed by atoms with Gasteiger partial charge in [-0.05, 0) is 37.8 Å². The van der Waals surface area contributed by atoms with Crippen LogP contribution in [0.25, 0.3) is 17.1 Å². The highest BCUT2D eigenvalue weighted by Gasteiger charge is 2.17. The molecule has 2 heterocycles. The van der Waals surface area contributed by atoms with Gasteiger partial charge in [0.25, 0.3) is 0 Å². The average Bonchev–Trinajstić information content (AvgIpc) is 3.05. The van der Waals surface area contributed by atoms with Gasteiger partial charge in [0.1, 0.15) is 5.65 Å². The normalized spacial score (nSPS) is 18.7. The fourth-order valence-corrected chi connectivity index (χ4v) is 3.06. The van der Waals surface area contributed by atoms with Crippen LogP contribution < -0.4 is 0 Å². The van der Waals surface area contributed by atoms with Gasteiger partial charge in [0.05, 0.1) is 0 Å². The fraction of sp³-hybridized carbons (Fsp3) is 0.312. The third kappa shape index (κ3) is 1.45. The number of H-pyrrole nitrogens is 1. The fourth-order valence-electron chi connectivity index (χ4n) is 3.06. The van der Waals surface area contributed by atoms with Crippen LogP contribution in [0.2, 0.25) is 0 Å². The molecule has 92 valence electrons. The predicted octanol–water partition coefficient (Wildman–Crippen LogP) is 4.20. The molecule has 0 fully saturated rings. The van der Waals surface area contributed by atoms with E-state index in [-0.39, 0.29) is 1.43 Å². The van der Waals surface area contributed by atoms with Crippen molar-refractivity contribution in [2.24, 2.45) is 0 Å². The highest BCUT2D eigenvalue weighted by Crippen LogP contribution is 2.32. The molecule has 1 N–H and O–H groups in total. The van der Waals surface area contributed by atoms with Crippen LogP contribution in [0.15, 0.2) is 30.4 Å². The highest BCUT2D eigenvalue weighted by atomic mass is 14.9. The number of hydrogen-bond donors (Lipinski definition) is 1. The standard InChI is InChI=1S/C16H16N2.H2/c1-2-6-11(5-1)14-10-9-13-12-7-3-4-8-15(12)18-16(13)17-14;/h1-3,7,9-11H,4-6,8H2,(H,17,18);1H. The summed E-state index contributed by atoms with van der Waals surface area (Å²) in [6.07, 6.45) is 13.5. The Morgan fingerprint density at radius 2 is 2.06 bits per heavy atom. The van der Waals surface area contributed by atoms with Gasteiger partial charge in [0.15, 0.2) is 0 Å². The summed E-state index contributed by atoms with van der Waals surface area (Å²) in [4.78, 5) is 8.33. The molecule has 0 spiro atoms. The first-order valence-electron chi connectivity index (χ1n) is 6.75. The Morgan fingerprint density at radius 1 is 1.17 bits per heavy atom. The first-order chi connectivity index (χ1) is 8.92. The summed E-state index contributed by atoms with van der Waals surface area (Å²) in [5.41, 5.74) is 4.99. The van der Waals surface area contributed by atoms with Gasteiger partial charge < -0.3 is 4.98 Å². The molecule has 0 amide bonds. The van der Waals surface area contributed by atoms with E-state index in [1.807, 2.05) is 0 Å². The van der Waals surface area contributed by atoms with Gasteiger partial charge >= 0.3 is 0 Å². The van der Waals surface area contributed by atoms with Crippen molar-refractivity contribution < 1.29 is 1.43 Å². The first kappa shape index (κ1) is 10.1. The molecule has 0 unspecified atom stereocenters. The van der Waals surface area contributed by atoms with Crippen LogP contribution in [-0.4, -0.2) is 9.97 Å². The third-order valence-corrected chi connectivity index (χ3v) is 4.07. The molecule has 18 heavy (non-hydrogen) atoms. The van der Waals surface area contributed by atoms with Crippen molar-refractivity contribution in [2.75, 3.05) is 0 Å². The van der Waals surface area contributed by atoms with Crippen LogP contribution >= 0.6 is 0 Å². The molecule has 0 saturated heterocycles. The Hall–Kier alpha value is -1.83. The zero-order valence-electron chi connectivity index (χ0n) is 10.3. The number of fused-ring (bicyclic) bond motifs is 3. The average molecular weight is 238 g/mol. The van der Waals surface area contributed by atoms with Crippen molar-refractivity contribution in [2.45, 2.75) is 31.6 Å². The highest BCUT2D eigenvalue weighted by molar-refractivity contribution is 5.88. The van der Waals surface area contributed by atoms with E-state index in [4.69, 9.17) is 4.98 Å². The smallest absolute Gasteiger partial charge is 0.138 e. The summed E-state index contributed by atoms with van der Waals surface area (Å²) < 4.78 is 0. The van der Waals surface area contributed by atoms with Gasteiger partial charge in [-0.15, -0.1) is 0 Å². The van der Waals surface area contributed by atoms with Gasteiger partial charge in [0.2, 0.25) is 0 Å². The SMILES string of the molecule is C1=Cc2c([nH]c3nc(C4CC=CC4)ccc23)CC1.[HH]. The lowest BCUT2D eigenvalue weighted by Gasteiger charge is -2.08. The van der Waals surface area contributed by atoms with Crippen LogP contribution in [0, 0.1) is 0 Å². The summed E-state index contributed by atoms with van der Waals surface area (Å²) in [6, 6.07) is 4.44. The lowest BCUT2D eigenvalue weighted by Crippen LogP contribution is -1.96. The number of aromatic amines is 1. The third-order valence-electron chi connectivity index (χ3n) is 4.07. The molecule has 2 heteroatoms. The van der Waals surface area contributed by atoms with Gasteiger partial charge in [0, 0.05) is 29.7 Å². The van der Waals surface area contributed by atoms with Gasteiger partial charge in [-0.1, -0.05) is 24.3 Å². The molecule has 2 aromatic rings. The molecular formula is C16H18N2. The maximum absolute atomic E-state index is 4.83. The maximum atomic E-state index is 4.83. The second-order valence-electron chi connectivity index (χ2n) is 5.23. The number of aryl methyl sites for hydroxylation is 1. The van der Waals surface area contributed by atoms with E-state index < -0.39 is 0 Å². The van der Waals surface area contributed by atoms with Crippen LogP contribution in [0.4, 0.5) is 0 Å². The Morgan fingerprint density at radius 3 is 2.94 bits per heavy atom. The summed E-state index contributed by atoms with van der Waals surface area (Å²) in [5, 5.41) is 1.27. The molecule has 2 aromatic heterocycles. The number of allylic oxidation sites excluding steroid dienone is 3. The first-order valence-corrected chi connectivity index (χ1v) is 6.75. The lowest BCUT2D eigenvalue weighted by atomic mass is 10.0. The number of rotatable bonds is 1. The molecule has 0 atom stereocenters. The van der Waals surface area contributed by atoms with Crippen LogP contribution in [0.5, 0.6) is 0 Å². The topological polar surface area (TPSA) is 28.7 Å². The number of aromatic nitrogens is 2. The van der Waals surface area contributed by atoms with Gasteiger partial charge in [-0.25, -0.2) is 4.98 Å². The number of hydrogen-bond acceptors (Lipinski definition) is 1. The summed E-state index contributed by atoms with van der Waals surface area (Å²) >= 11 is 0. The molecule has 2 aliphatic carbocycles. The Kier molecular flexibility index (Phi) is 2.16. The largest absolute Gasteiger partial charge is 0.343 e. The van der Waals surface area contributed by atoms with Crippen LogP contribution in [0.3, 0.4) is 0 Å². The summed E-state index contributed by atoms with van der Waals surface area (Å²) in [7, 11) is 0. The molecule has 2 aliphatic rings. The zero-order valence-corrected chi connectivity index (χ0v) is 10.3. The molecule has 0 saturated carbocycles. The number of nitrogens with zero attached hydrogens (tertiary/aromatic N) is 1. The maximum Gasteiger partial charge on any atom is 0.138 e. The molecule has 0 aliphatic heterocycles. The Bertz CT molecular complexity index is 659. The van der Waals surface area contributed by atoms with Gasteiger partial charge in [-0.2, -0.15) is 0 Å². The minimum Gasteiger partial charge on any atom is -0.343 e. The minimum absolute atomic E-state index is 0. The van der Waals surface area contributed by atoms with E-state index in [0.29, 0.717) is 5.92 Å². The van der Waals surface area contributed by atoms with Crippen LogP contribution in [0.1, 0.15) is 43.6 Å². The Balaban J connectivity index is 0.00000110. The number of pyridine rings is 1. The molecule has 0 bridgehead atoms. The second kappa shape index (κ2) is 3.84. The van der Waals surface area contributed by atoms with Crippen molar-refractivity contribution in [3.8, 4) is 0 Å². The predicted molar refractivity (Wildman–Crippen MR) is 76.7 cm³/mol. The number of nitrogens with one attached hydrogen (secondary N) is 1. The van der Waals surface area contributed by atoms with E-state index in [9.17, 15) is 0 Å². The molecule has 0 aromatic carbocycles. The Labute approximate surface area is 108 Å². The van der Waals surface area contributed by atoms with Gasteiger partial charge in [-0.3, -0.25) is 0 Å². The minimum atomic E-state index is 0. The van der Waals surface area contributed by atoms with E-state index >= 15 is 0 Å². The van der Waals surface area contributed by atoms with E-state index in [1.54, 1.807) is 0 Å². The van der Waals surface area contributed by atoms with Crippen molar-refractivity contribution in [1.82, 2.24) is 9.97 Å². The van der Waals surface area contributed by atoms with E-state index in [1.165, 1.54) is 22.3 Å². The molecule has 0 radical (unpaired) electrons. The van der Waals surface area contributed by atoms with Crippen molar-refractivity contribution in [3.63, 3.8) is 0 Å². The molecule has 2 nitrogen and oxygen atoms in total. The monoisotopic (exact) mass is 238 g/mol. The second-order valence-corrected chi connectivity index (χ2v) is 5.23. The summed E-state index contributed by atoms with van der Waals surface area (Å²) in [5.74, 6) is 0.588. The van der Waals surface area contributed by atoms with Crippen molar-refractivity contribution in [3.05, 3.63) is 47.3 Å². The molecular weight excluding hydrogens is 220 g/mol. The lowest BCUT2D eigenvalue weighted by molar-refractivity contribution is 0.728. The quantitative estimate of drug-likeness (QED) is 0.741. The zero-order chi connectivity index (χ0) is 11.9. The van der Waals surface area contributed by atoms with Crippen LogP contribution in [-0.2, 0) is 6.42 Å². The van der Waals surface area contributed by atoms with Crippen molar-refractivity contribution in [1.29, 1.82) is 0 Å². The molecule has 4 rings (SSSR count). The van der Waals surface area contributed by atoms with E-state index in [0.717, 1.165) is 31.3 Å². The van der Waals surface area contributed by atoms with E-state index in [2.05, 4.69) is 41.4 Å².